The maximum Gasteiger partial charge on any atom is 0.233 e. The number of anilines is 1. The summed E-state index contributed by atoms with van der Waals surface area (Å²) in [6, 6.07) is 7.52. The second-order valence-corrected chi connectivity index (χ2v) is 6.34. The Hall–Kier alpha value is -2.05. The van der Waals surface area contributed by atoms with E-state index < -0.39 is 0 Å². The van der Waals surface area contributed by atoms with Gasteiger partial charge in [-0.05, 0) is 24.6 Å². The van der Waals surface area contributed by atoms with E-state index in [9.17, 15) is 0 Å². The average molecular weight is 363 g/mol. The van der Waals surface area contributed by atoms with Gasteiger partial charge in [-0.3, -0.25) is 9.88 Å². The first-order valence-electron chi connectivity index (χ1n) is 8.46. The first kappa shape index (κ1) is 17.8. The minimum Gasteiger partial charge on any atom is -0.493 e. The van der Waals surface area contributed by atoms with Crippen molar-refractivity contribution in [1.29, 1.82) is 0 Å². The standard InChI is InChI=1S/C18H23ClN4O2/c1-24-18-14-20-13-17(21-18)23-9-7-22(8-10-23)6-3-11-25-16-5-2-4-15(19)12-16/h2,4-5,12-14H,3,6-11H2,1H3. The van der Waals surface area contributed by atoms with Gasteiger partial charge in [0.05, 0.1) is 26.1 Å². The van der Waals surface area contributed by atoms with Gasteiger partial charge in [0.2, 0.25) is 5.88 Å². The number of nitrogens with zero attached hydrogens (tertiary/aromatic N) is 4. The van der Waals surface area contributed by atoms with Gasteiger partial charge in [0.1, 0.15) is 5.75 Å². The van der Waals surface area contributed by atoms with Crippen LogP contribution in [0.5, 0.6) is 11.6 Å². The van der Waals surface area contributed by atoms with E-state index in [2.05, 4.69) is 19.8 Å². The molecule has 134 valence electrons. The minimum absolute atomic E-state index is 0.554. The zero-order valence-electron chi connectivity index (χ0n) is 14.4. The third-order valence-electron chi connectivity index (χ3n) is 4.19. The molecule has 0 atom stereocenters. The van der Waals surface area contributed by atoms with Gasteiger partial charge in [-0.25, -0.2) is 0 Å². The highest BCUT2D eigenvalue weighted by molar-refractivity contribution is 6.30. The van der Waals surface area contributed by atoms with E-state index in [4.69, 9.17) is 21.1 Å². The maximum absolute atomic E-state index is 5.95. The summed E-state index contributed by atoms with van der Waals surface area (Å²) in [5.74, 6) is 2.26. The van der Waals surface area contributed by atoms with Gasteiger partial charge in [0, 0.05) is 37.7 Å². The van der Waals surface area contributed by atoms with Gasteiger partial charge in [-0.1, -0.05) is 17.7 Å². The van der Waals surface area contributed by atoms with Crippen LogP contribution in [0.2, 0.25) is 5.02 Å². The summed E-state index contributed by atoms with van der Waals surface area (Å²) in [5, 5.41) is 0.703. The SMILES string of the molecule is COc1cncc(N2CCN(CCCOc3cccc(Cl)c3)CC2)n1. The lowest BCUT2D eigenvalue weighted by Gasteiger charge is -2.35. The fourth-order valence-electron chi connectivity index (χ4n) is 2.82. The van der Waals surface area contributed by atoms with Crippen LogP contribution in [-0.4, -0.2) is 61.3 Å². The molecule has 0 aliphatic carbocycles. The van der Waals surface area contributed by atoms with Crippen molar-refractivity contribution in [2.24, 2.45) is 0 Å². The fourth-order valence-corrected chi connectivity index (χ4v) is 3.00. The Bertz CT molecular complexity index is 678. The molecule has 25 heavy (non-hydrogen) atoms. The summed E-state index contributed by atoms with van der Waals surface area (Å²) in [7, 11) is 1.61. The van der Waals surface area contributed by atoms with Gasteiger partial charge < -0.3 is 14.4 Å². The van der Waals surface area contributed by atoms with E-state index in [0.29, 0.717) is 17.5 Å². The van der Waals surface area contributed by atoms with Gasteiger partial charge in [-0.2, -0.15) is 4.98 Å². The lowest BCUT2D eigenvalue weighted by Crippen LogP contribution is -2.47. The van der Waals surface area contributed by atoms with Crippen LogP contribution in [0.3, 0.4) is 0 Å². The highest BCUT2D eigenvalue weighted by Crippen LogP contribution is 2.18. The lowest BCUT2D eigenvalue weighted by molar-refractivity contribution is 0.224. The minimum atomic E-state index is 0.554. The third-order valence-corrected chi connectivity index (χ3v) is 4.42. The van der Waals surface area contributed by atoms with Gasteiger partial charge in [0.25, 0.3) is 0 Å². The van der Waals surface area contributed by atoms with Gasteiger partial charge >= 0.3 is 0 Å². The highest BCUT2D eigenvalue weighted by atomic mass is 35.5. The molecule has 7 heteroatoms. The molecule has 0 radical (unpaired) electrons. The lowest BCUT2D eigenvalue weighted by atomic mass is 10.3. The molecule has 6 nitrogen and oxygen atoms in total. The van der Waals surface area contributed by atoms with Crippen molar-refractivity contribution < 1.29 is 9.47 Å². The first-order valence-corrected chi connectivity index (χ1v) is 8.84. The number of hydrogen-bond acceptors (Lipinski definition) is 6. The zero-order chi connectivity index (χ0) is 17.5. The van der Waals surface area contributed by atoms with Crippen LogP contribution in [0.4, 0.5) is 5.82 Å². The second kappa shape index (κ2) is 8.87. The zero-order valence-corrected chi connectivity index (χ0v) is 15.2. The van der Waals surface area contributed by atoms with Crippen molar-refractivity contribution in [3.63, 3.8) is 0 Å². The van der Waals surface area contributed by atoms with Crippen molar-refractivity contribution in [1.82, 2.24) is 14.9 Å². The summed E-state index contributed by atoms with van der Waals surface area (Å²) in [6.07, 6.45) is 4.40. The monoisotopic (exact) mass is 362 g/mol. The average Bonchev–Trinajstić information content (AvgIpc) is 2.66. The predicted molar refractivity (Wildman–Crippen MR) is 98.8 cm³/mol. The molecular formula is C18H23ClN4O2. The summed E-state index contributed by atoms with van der Waals surface area (Å²) < 4.78 is 10.9. The summed E-state index contributed by atoms with van der Waals surface area (Å²) in [4.78, 5) is 13.3. The van der Waals surface area contributed by atoms with Crippen molar-refractivity contribution in [3.05, 3.63) is 41.7 Å². The highest BCUT2D eigenvalue weighted by Gasteiger charge is 2.18. The molecule has 1 saturated heterocycles. The van der Waals surface area contributed by atoms with Gasteiger partial charge in [-0.15, -0.1) is 0 Å². The molecule has 1 aliphatic heterocycles. The van der Waals surface area contributed by atoms with E-state index in [0.717, 1.165) is 50.7 Å². The Labute approximate surface area is 153 Å². The van der Waals surface area contributed by atoms with Crippen LogP contribution in [-0.2, 0) is 0 Å². The first-order chi connectivity index (χ1) is 12.2. The number of hydrogen-bond donors (Lipinski definition) is 0. The van der Waals surface area contributed by atoms with Crippen molar-refractivity contribution >= 4 is 17.4 Å². The molecule has 2 heterocycles. The quantitative estimate of drug-likeness (QED) is 0.706. The predicted octanol–water partition coefficient (Wildman–Crippen LogP) is 2.73. The van der Waals surface area contributed by atoms with E-state index in [-0.39, 0.29) is 0 Å². The molecule has 1 aliphatic rings. The Balaban J connectivity index is 1.37. The molecule has 0 saturated carbocycles. The molecule has 1 fully saturated rings. The molecule has 2 aromatic rings. The number of piperazine rings is 1. The molecule has 1 aromatic carbocycles. The van der Waals surface area contributed by atoms with E-state index in [1.807, 2.05) is 24.3 Å². The number of rotatable bonds is 7. The van der Waals surface area contributed by atoms with Crippen LogP contribution in [0.25, 0.3) is 0 Å². The number of aromatic nitrogens is 2. The Morgan fingerprint density at radius 2 is 2.00 bits per heavy atom. The normalized spacial score (nSPS) is 15.2. The van der Waals surface area contributed by atoms with Crippen LogP contribution in [0.15, 0.2) is 36.7 Å². The van der Waals surface area contributed by atoms with Crippen molar-refractivity contribution in [3.8, 4) is 11.6 Å². The molecule has 0 spiro atoms. The number of ether oxygens (including phenoxy) is 2. The van der Waals surface area contributed by atoms with Crippen LogP contribution < -0.4 is 14.4 Å². The van der Waals surface area contributed by atoms with Crippen LogP contribution in [0.1, 0.15) is 6.42 Å². The smallest absolute Gasteiger partial charge is 0.233 e. The summed E-state index contributed by atoms with van der Waals surface area (Å²) >= 11 is 5.95. The van der Waals surface area contributed by atoms with Crippen LogP contribution in [0, 0.1) is 0 Å². The van der Waals surface area contributed by atoms with Gasteiger partial charge in [0.15, 0.2) is 5.82 Å². The topological polar surface area (TPSA) is 50.7 Å². The molecular weight excluding hydrogens is 340 g/mol. The van der Waals surface area contributed by atoms with Crippen LogP contribution >= 0.6 is 11.6 Å². The maximum atomic E-state index is 5.95. The molecule has 1 aromatic heterocycles. The van der Waals surface area contributed by atoms with E-state index in [1.165, 1.54) is 0 Å². The molecule has 0 bridgehead atoms. The fraction of sp³-hybridized carbons (Fsp3) is 0.444. The molecule has 3 rings (SSSR count). The Kier molecular flexibility index (Phi) is 6.30. The number of benzene rings is 1. The molecule has 0 N–H and O–H groups in total. The molecule has 0 unspecified atom stereocenters. The second-order valence-electron chi connectivity index (χ2n) is 5.91. The van der Waals surface area contributed by atoms with E-state index >= 15 is 0 Å². The largest absolute Gasteiger partial charge is 0.493 e. The summed E-state index contributed by atoms with van der Waals surface area (Å²) in [6.45, 7) is 5.63. The third kappa shape index (κ3) is 5.21. The summed E-state index contributed by atoms with van der Waals surface area (Å²) in [5.41, 5.74) is 0. The number of methoxy groups -OCH3 is 1. The molecule has 0 amide bonds. The Morgan fingerprint density at radius 3 is 2.76 bits per heavy atom. The Morgan fingerprint density at radius 1 is 1.16 bits per heavy atom. The van der Waals surface area contributed by atoms with E-state index in [1.54, 1.807) is 19.5 Å². The number of halogens is 1. The van der Waals surface area contributed by atoms with Crippen molar-refractivity contribution in [2.45, 2.75) is 6.42 Å². The van der Waals surface area contributed by atoms with Crippen molar-refractivity contribution in [2.75, 3.05) is 51.3 Å².